The highest BCUT2D eigenvalue weighted by Crippen LogP contribution is 2.29. The van der Waals surface area contributed by atoms with Gasteiger partial charge in [-0.25, -0.2) is 0 Å². The highest BCUT2D eigenvalue weighted by Gasteiger charge is 2.14. The van der Waals surface area contributed by atoms with Crippen molar-refractivity contribution in [3.8, 4) is 28.1 Å². The van der Waals surface area contributed by atoms with Gasteiger partial charge in [0.25, 0.3) is 5.56 Å². The van der Waals surface area contributed by atoms with Crippen molar-refractivity contribution in [1.82, 2.24) is 9.97 Å². The molecule has 4 aromatic rings. The second-order valence-electron chi connectivity index (χ2n) is 6.51. The lowest BCUT2D eigenvalue weighted by Gasteiger charge is -2.12. The molecule has 3 N–H and O–H groups in total. The quantitative estimate of drug-likeness (QED) is 0.429. The zero-order valence-electron chi connectivity index (χ0n) is 15.0. The monoisotopic (exact) mass is 386 g/mol. The Morgan fingerprint density at radius 2 is 1.43 bits per heavy atom. The zero-order chi connectivity index (χ0) is 19.5. The molecule has 5 heteroatoms. The first-order valence-corrected chi connectivity index (χ1v) is 9.31. The normalized spacial score (nSPS) is 10.7. The van der Waals surface area contributed by atoms with E-state index in [0.717, 1.165) is 16.7 Å². The number of aromatic hydroxyl groups is 1. The van der Waals surface area contributed by atoms with E-state index in [4.69, 9.17) is 12.2 Å². The van der Waals surface area contributed by atoms with Crippen molar-refractivity contribution in [1.29, 1.82) is 0 Å². The Labute approximate surface area is 167 Å². The van der Waals surface area contributed by atoms with Crippen LogP contribution in [0.5, 0.6) is 5.75 Å². The predicted octanol–water partition coefficient (Wildman–Crippen LogP) is 5.06. The number of nitrogens with one attached hydrogen (secondary N) is 2. The molecule has 0 bridgehead atoms. The van der Waals surface area contributed by atoms with Crippen LogP contribution < -0.4 is 5.56 Å². The van der Waals surface area contributed by atoms with Gasteiger partial charge < -0.3 is 10.1 Å². The molecule has 0 aliphatic carbocycles. The number of benzene rings is 3. The van der Waals surface area contributed by atoms with Gasteiger partial charge in [0.2, 0.25) is 0 Å². The van der Waals surface area contributed by atoms with Crippen LogP contribution in [0, 0.1) is 4.77 Å². The van der Waals surface area contributed by atoms with Crippen LogP contribution in [0.2, 0.25) is 0 Å². The summed E-state index contributed by atoms with van der Waals surface area (Å²) >= 11 is 5.16. The Kier molecular flexibility index (Phi) is 4.91. The third kappa shape index (κ3) is 3.66. The number of phenols is 1. The molecule has 0 radical (unpaired) electrons. The van der Waals surface area contributed by atoms with E-state index in [1.807, 2.05) is 72.8 Å². The Morgan fingerprint density at radius 3 is 2.11 bits per heavy atom. The minimum Gasteiger partial charge on any atom is -0.508 e. The van der Waals surface area contributed by atoms with Crippen LogP contribution in [-0.2, 0) is 6.42 Å². The fourth-order valence-corrected chi connectivity index (χ4v) is 3.45. The third-order valence-corrected chi connectivity index (χ3v) is 4.86. The number of aromatic nitrogens is 2. The Hall–Kier alpha value is -3.44. The first kappa shape index (κ1) is 17.9. The summed E-state index contributed by atoms with van der Waals surface area (Å²) in [6.45, 7) is 0. The van der Waals surface area contributed by atoms with Crippen LogP contribution in [0.3, 0.4) is 0 Å². The molecular weight excluding hydrogens is 368 g/mol. The number of hydrogen-bond donors (Lipinski definition) is 3. The fourth-order valence-electron chi connectivity index (χ4n) is 3.26. The summed E-state index contributed by atoms with van der Waals surface area (Å²) < 4.78 is 0.273. The van der Waals surface area contributed by atoms with Gasteiger partial charge >= 0.3 is 0 Å². The Morgan fingerprint density at radius 1 is 0.786 bits per heavy atom. The summed E-state index contributed by atoms with van der Waals surface area (Å²) in [5, 5.41) is 10.4. The lowest BCUT2D eigenvalue weighted by molar-refractivity contribution is 0.469. The molecule has 1 aromatic heterocycles. The van der Waals surface area contributed by atoms with Gasteiger partial charge in [-0.05, 0) is 46.6 Å². The number of phenolic OH excluding ortho intramolecular Hbond substituents is 1. The van der Waals surface area contributed by atoms with Crippen LogP contribution in [0.4, 0.5) is 0 Å². The molecular formula is C23H18N2O2S. The molecule has 0 aliphatic rings. The second kappa shape index (κ2) is 7.66. The van der Waals surface area contributed by atoms with E-state index in [2.05, 4.69) is 9.97 Å². The van der Waals surface area contributed by atoms with Gasteiger partial charge in [0, 0.05) is 12.0 Å². The smallest absolute Gasteiger partial charge is 0.255 e. The standard InChI is InChI=1S/C23H18N2O2S/c26-20-12-11-17(15-7-3-1-4-8-15)13-18(20)14-19-21(16-9-5-2-6-10-16)24-23(28)25-22(19)27/h1-13,26H,14H2,(H2,24,25,27,28). The average molecular weight is 386 g/mol. The first-order valence-electron chi connectivity index (χ1n) is 8.90. The summed E-state index contributed by atoms with van der Waals surface area (Å²) in [6.07, 6.45) is 0.276. The molecule has 0 fully saturated rings. The molecule has 3 aromatic carbocycles. The van der Waals surface area contributed by atoms with E-state index < -0.39 is 0 Å². The molecule has 4 nitrogen and oxygen atoms in total. The molecule has 0 saturated heterocycles. The minimum atomic E-state index is -0.257. The van der Waals surface area contributed by atoms with Crippen molar-refractivity contribution >= 4 is 12.2 Å². The molecule has 4 rings (SSSR count). The lowest BCUT2D eigenvalue weighted by atomic mass is 9.96. The van der Waals surface area contributed by atoms with Gasteiger partial charge in [0.1, 0.15) is 5.75 Å². The maximum Gasteiger partial charge on any atom is 0.255 e. The SMILES string of the molecule is O=c1[nH]c(=S)[nH]c(-c2ccccc2)c1Cc1cc(-c2ccccc2)ccc1O. The Bertz CT molecular complexity index is 1230. The van der Waals surface area contributed by atoms with Crippen molar-refractivity contribution in [2.24, 2.45) is 0 Å². The Balaban J connectivity index is 1.82. The highest BCUT2D eigenvalue weighted by molar-refractivity contribution is 7.71. The van der Waals surface area contributed by atoms with E-state index in [9.17, 15) is 9.90 Å². The lowest BCUT2D eigenvalue weighted by Crippen LogP contribution is -2.16. The van der Waals surface area contributed by atoms with Gasteiger partial charge in [-0.15, -0.1) is 0 Å². The van der Waals surface area contributed by atoms with Crippen molar-refractivity contribution in [2.45, 2.75) is 6.42 Å². The molecule has 0 unspecified atom stereocenters. The molecule has 1 heterocycles. The van der Waals surface area contributed by atoms with Crippen molar-refractivity contribution in [3.63, 3.8) is 0 Å². The zero-order valence-corrected chi connectivity index (χ0v) is 15.8. The van der Waals surface area contributed by atoms with E-state index >= 15 is 0 Å². The molecule has 0 saturated carbocycles. The summed E-state index contributed by atoms with van der Waals surface area (Å²) in [5.74, 6) is 0.153. The summed E-state index contributed by atoms with van der Waals surface area (Å²) in [4.78, 5) is 18.4. The number of hydrogen-bond acceptors (Lipinski definition) is 3. The van der Waals surface area contributed by atoms with Gasteiger partial charge in [-0.1, -0.05) is 66.7 Å². The van der Waals surface area contributed by atoms with E-state index in [1.165, 1.54) is 0 Å². The molecule has 0 spiro atoms. The van der Waals surface area contributed by atoms with Gasteiger partial charge in [0.05, 0.1) is 5.69 Å². The fraction of sp³-hybridized carbons (Fsp3) is 0.0435. The van der Waals surface area contributed by atoms with Crippen molar-refractivity contribution in [2.75, 3.05) is 0 Å². The van der Waals surface area contributed by atoms with E-state index in [-0.39, 0.29) is 22.5 Å². The van der Waals surface area contributed by atoms with Crippen molar-refractivity contribution in [3.05, 3.63) is 105 Å². The maximum absolute atomic E-state index is 12.7. The number of H-pyrrole nitrogens is 2. The first-order chi connectivity index (χ1) is 13.6. The molecule has 0 aliphatic heterocycles. The van der Waals surface area contributed by atoms with E-state index in [1.54, 1.807) is 6.07 Å². The van der Waals surface area contributed by atoms with E-state index in [0.29, 0.717) is 16.8 Å². The number of aromatic amines is 2. The highest BCUT2D eigenvalue weighted by atomic mass is 32.1. The predicted molar refractivity (Wildman–Crippen MR) is 114 cm³/mol. The third-order valence-electron chi connectivity index (χ3n) is 4.66. The number of rotatable bonds is 4. The molecule has 0 atom stereocenters. The van der Waals surface area contributed by atoms with Gasteiger partial charge in [-0.2, -0.15) is 0 Å². The van der Waals surface area contributed by atoms with Crippen molar-refractivity contribution < 1.29 is 5.11 Å². The summed E-state index contributed by atoms with van der Waals surface area (Å²) in [6, 6.07) is 24.9. The summed E-state index contributed by atoms with van der Waals surface area (Å²) in [7, 11) is 0. The van der Waals surface area contributed by atoms with Crippen LogP contribution in [0.25, 0.3) is 22.4 Å². The van der Waals surface area contributed by atoms with Crippen LogP contribution in [0.1, 0.15) is 11.1 Å². The minimum absolute atomic E-state index is 0.153. The second-order valence-corrected chi connectivity index (χ2v) is 6.92. The largest absolute Gasteiger partial charge is 0.508 e. The molecule has 0 amide bonds. The molecule has 138 valence electrons. The van der Waals surface area contributed by atoms with Gasteiger partial charge in [0.15, 0.2) is 4.77 Å². The summed E-state index contributed by atoms with van der Waals surface area (Å²) in [5.41, 5.74) is 4.51. The maximum atomic E-state index is 12.7. The van der Waals surface area contributed by atoms with Crippen LogP contribution >= 0.6 is 12.2 Å². The topological polar surface area (TPSA) is 68.9 Å². The van der Waals surface area contributed by atoms with Crippen LogP contribution in [0.15, 0.2) is 83.7 Å². The van der Waals surface area contributed by atoms with Crippen LogP contribution in [-0.4, -0.2) is 15.1 Å². The average Bonchev–Trinajstić information content (AvgIpc) is 2.72. The molecule has 28 heavy (non-hydrogen) atoms. The van der Waals surface area contributed by atoms with Gasteiger partial charge in [-0.3, -0.25) is 9.78 Å².